The van der Waals surface area contributed by atoms with Crippen LogP contribution in [0.5, 0.6) is 0 Å². The lowest BCUT2D eigenvalue weighted by atomic mass is 10.2. The molecule has 1 aliphatic heterocycles. The van der Waals surface area contributed by atoms with Crippen LogP contribution in [0, 0.1) is 0 Å². The van der Waals surface area contributed by atoms with Crippen LogP contribution in [0.15, 0.2) is 29.8 Å². The number of hydrogen-bond donors (Lipinski definition) is 1. The van der Waals surface area contributed by atoms with Crippen molar-refractivity contribution in [2.75, 3.05) is 13.2 Å². The molecule has 104 valence electrons. The molecule has 2 atom stereocenters. The van der Waals surface area contributed by atoms with Gasteiger partial charge in [-0.25, -0.2) is 0 Å². The summed E-state index contributed by atoms with van der Waals surface area (Å²) in [7, 11) is 0. The van der Waals surface area contributed by atoms with Crippen molar-refractivity contribution in [1.82, 2.24) is 4.90 Å². The number of likely N-dealkylation sites (tertiary alicyclic amines) is 1. The molecule has 1 N–H and O–H groups in total. The van der Waals surface area contributed by atoms with Gasteiger partial charge < -0.3 is 14.7 Å². The summed E-state index contributed by atoms with van der Waals surface area (Å²) in [4.78, 5) is 14.6. The van der Waals surface area contributed by atoms with E-state index in [0.717, 1.165) is 6.42 Å². The molecule has 0 bridgehead atoms. The summed E-state index contributed by atoms with van der Waals surface area (Å²) in [5.74, 6) is 0.0745. The SMILES string of the molecule is [2H]C(O)CC=CN1C(=O)CCC1COCc1cccs1. The van der Waals surface area contributed by atoms with Gasteiger partial charge in [-0.1, -0.05) is 12.1 Å². The molecule has 0 saturated carbocycles. The van der Waals surface area contributed by atoms with Crippen molar-refractivity contribution >= 4 is 17.2 Å². The summed E-state index contributed by atoms with van der Waals surface area (Å²) in [6.45, 7) is -0.0413. The number of aliphatic hydroxyl groups excluding tert-OH is 1. The van der Waals surface area contributed by atoms with Crippen molar-refractivity contribution in [3.05, 3.63) is 34.7 Å². The van der Waals surface area contributed by atoms with Crippen LogP contribution in [0.25, 0.3) is 0 Å². The second-order valence-corrected chi connectivity index (χ2v) is 5.42. The van der Waals surface area contributed by atoms with E-state index in [4.69, 9.17) is 11.2 Å². The van der Waals surface area contributed by atoms with E-state index in [9.17, 15) is 4.79 Å². The standard InChI is InChI=1S/C14H19NO3S/c16-8-2-1-7-15-12(5-6-14(15)17)10-18-11-13-4-3-9-19-13/h1,3-4,7,9,12,16H,2,5-6,8,10-11H2/i8D. The monoisotopic (exact) mass is 282 g/mol. The van der Waals surface area contributed by atoms with Gasteiger partial charge in [-0.2, -0.15) is 0 Å². The Kier molecular flexibility index (Phi) is 5.02. The van der Waals surface area contributed by atoms with Gasteiger partial charge >= 0.3 is 0 Å². The van der Waals surface area contributed by atoms with E-state index in [1.807, 2.05) is 17.5 Å². The van der Waals surface area contributed by atoms with Crippen LogP contribution in [0.1, 0.15) is 25.5 Å². The summed E-state index contributed by atoms with van der Waals surface area (Å²) >= 11 is 1.66. The minimum atomic E-state index is -1.13. The van der Waals surface area contributed by atoms with Crippen LogP contribution < -0.4 is 0 Å². The highest BCUT2D eigenvalue weighted by Gasteiger charge is 2.29. The molecule has 0 aliphatic carbocycles. The van der Waals surface area contributed by atoms with Crippen LogP contribution in [-0.2, 0) is 16.1 Å². The minimum Gasteiger partial charge on any atom is -0.396 e. The van der Waals surface area contributed by atoms with Crippen molar-refractivity contribution in [1.29, 1.82) is 0 Å². The molecular weight excluding hydrogens is 262 g/mol. The van der Waals surface area contributed by atoms with Gasteiger partial charge in [-0.05, 0) is 24.3 Å². The van der Waals surface area contributed by atoms with E-state index in [-0.39, 0.29) is 18.4 Å². The Balaban J connectivity index is 1.79. The number of amides is 1. The maximum Gasteiger partial charge on any atom is 0.226 e. The van der Waals surface area contributed by atoms with Crippen LogP contribution in [0.2, 0.25) is 0 Å². The predicted octanol–water partition coefficient (Wildman–Crippen LogP) is 2.15. The Morgan fingerprint density at radius 3 is 3.32 bits per heavy atom. The van der Waals surface area contributed by atoms with E-state index in [1.54, 1.807) is 28.5 Å². The Labute approximate surface area is 118 Å². The molecule has 1 amide bonds. The van der Waals surface area contributed by atoms with Crippen LogP contribution >= 0.6 is 11.3 Å². The molecule has 5 heteroatoms. The van der Waals surface area contributed by atoms with Gasteiger partial charge in [-0.3, -0.25) is 4.79 Å². The zero-order chi connectivity index (χ0) is 14.4. The number of thiophene rings is 1. The number of ether oxygens (including phenoxy) is 1. The third-order valence-corrected chi connectivity index (χ3v) is 3.86. The van der Waals surface area contributed by atoms with Crippen LogP contribution in [-0.4, -0.2) is 35.1 Å². The van der Waals surface area contributed by atoms with Gasteiger partial charge in [0.05, 0.1) is 20.6 Å². The first-order valence-electron chi connectivity index (χ1n) is 6.93. The van der Waals surface area contributed by atoms with Gasteiger partial charge in [0, 0.05) is 24.1 Å². The highest BCUT2D eigenvalue weighted by Crippen LogP contribution is 2.20. The maximum absolute atomic E-state index is 11.8. The zero-order valence-corrected chi connectivity index (χ0v) is 11.5. The topological polar surface area (TPSA) is 49.8 Å². The number of carbonyl (C=O) groups is 1. The average Bonchev–Trinajstić information content (AvgIpc) is 3.02. The first kappa shape index (κ1) is 12.8. The number of rotatable bonds is 7. The van der Waals surface area contributed by atoms with Crippen LogP contribution in [0.4, 0.5) is 0 Å². The first-order valence-corrected chi connectivity index (χ1v) is 7.23. The summed E-state index contributed by atoms with van der Waals surface area (Å²) in [6, 6.07) is 4.07. The zero-order valence-electron chi connectivity index (χ0n) is 11.7. The normalized spacial score (nSPS) is 22.2. The fraction of sp³-hybridized carbons (Fsp3) is 0.500. The van der Waals surface area contributed by atoms with E-state index < -0.39 is 6.58 Å². The lowest BCUT2D eigenvalue weighted by Gasteiger charge is -2.20. The molecule has 0 radical (unpaired) electrons. The van der Waals surface area contributed by atoms with Gasteiger partial charge in [-0.15, -0.1) is 11.3 Å². The molecule has 1 aromatic heterocycles. The molecule has 1 aliphatic rings. The number of nitrogens with zero attached hydrogens (tertiary/aromatic N) is 1. The fourth-order valence-electron chi connectivity index (χ4n) is 2.06. The lowest BCUT2D eigenvalue weighted by molar-refractivity contribution is -0.127. The van der Waals surface area contributed by atoms with Crippen molar-refractivity contribution in [2.45, 2.75) is 31.9 Å². The number of carbonyl (C=O) groups excluding carboxylic acids is 1. The Bertz CT molecular complexity index is 447. The van der Waals surface area contributed by atoms with E-state index in [2.05, 4.69) is 0 Å². The quantitative estimate of drug-likeness (QED) is 0.833. The molecule has 0 spiro atoms. The molecular formula is C14H19NO3S. The third kappa shape index (κ3) is 4.16. The Morgan fingerprint density at radius 1 is 1.68 bits per heavy atom. The second-order valence-electron chi connectivity index (χ2n) is 4.39. The highest BCUT2D eigenvalue weighted by molar-refractivity contribution is 7.09. The summed E-state index contributed by atoms with van der Waals surface area (Å²) in [5, 5.41) is 10.9. The number of hydrogen-bond acceptors (Lipinski definition) is 4. The number of aliphatic hydroxyl groups is 1. The Morgan fingerprint density at radius 2 is 2.58 bits per heavy atom. The molecule has 1 aromatic rings. The first-order chi connectivity index (χ1) is 9.66. The summed E-state index contributed by atoms with van der Waals surface area (Å²) in [5.41, 5.74) is 0. The van der Waals surface area contributed by atoms with Gasteiger partial charge in [0.15, 0.2) is 0 Å². The molecule has 2 unspecified atom stereocenters. The molecule has 19 heavy (non-hydrogen) atoms. The van der Waals surface area contributed by atoms with Gasteiger partial charge in [0.25, 0.3) is 0 Å². The van der Waals surface area contributed by atoms with Crippen molar-refractivity contribution < 1.29 is 16.0 Å². The van der Waals surface area contributed by atoms with E-state index in [1.165, 1.54) is 4.88 Å². The highest BCUT2D eigenvalue weighted by atomic mass is 32.1. The second kappa shape index (κ2) is 7.43. The largest absolute Gasteiger partial charge is 0.396 e. The van der Waals surface area contributed by atoms with Crippen molar-refractivity contribution in [2.24, 2.45) is 0 Å². The van der Waals surface area contributed by atoms with E-state index in [0.29, 0.717) is 19.6 Å². The van der Waals surface area contributed by atoms with Crippen LogP contribution in [0.3, 0.4) is 0 Å². The third-order valence-electron chi connectivity index (χ3n) is 3.01. The molecule has 1 saturated heterocycles. The van der Waals surface area contributed by atoms with Gasteiger partial charge in [0.2, 0.25) is 5.91 Å². The van der Waals surface area contributed by atoms with Crippen molar-refractivity contribution in [3.8, 4) is 0 Å². The summed E-state index contributed by atoms with van der Waals surface area (Å²) in [6.07, 6.45) is 4.88. The maximum atomic E-state index is 11.8. The molecule has 1 fully saturated rings. The van der Waals surface area contributed by atoms with Crippen molar-refractivity contribution in [3.63, 3.8) is 0 Å². The fourth-order valence-corrected chi connectivity index (χ4v) is 2.70. The minimum absolute atomic E-state index is 0.0570. The predicted molar refractivity (Wildman–Crippen MR) is 74.7 cm³/mol. The van der Waals surface area contributed by atoms with Gasteiger partial charge in [0.1, 0.15) is 0 Å². The van der Waals surface area contributed by atoms with E-state index >= 15 is 0 Å². The molecule has 4 nitrogen and oxygen atoms in total. The lowest BCUT2D eigenvalue weighted by Crippen LogP contribution is -2.31. The smallest absolute Gasteiger partial charge is 0.226 e. The Hall–Kier alpha value is -1.17. The molecule has 2 rings (SSSR count). The molecule has 0 aromatic carbocycles. The summed E-state index contributed by atoms with van der Waals surface area (Å²) < 4.78 is 12.7. The molecule has 2 heterocycles. The average molecular weight is 282 g/mol.